The minimum Gasteiger partial charge on any atom is -0.388 e. The summed E-state index contributed by atoms with van der Waals surface area (Å²) < 4.78 is 0. The molecule has 1 saturated carbocycles. The van der Waals surface area contributed by atoms with Crippen LogP contribution in [0.5, 0.6) is 0 Å². The molecule has 106 valence electrons. The topological polar surface area (TPSA) is 18.5 Å². The van der Waals surface area contributed by atoms with Gasteiger partial charge in [-0.1, -0.05) is 13.0 Å². The van der Waals surface area contributed by atoms with Gasteiger partial charge in [-0.2, -0.15) is 0 Å². The Bertz CT molecular complexity index is 230. The maximum atomic E-state index is 3.49. The van der Waals surface area contributed by atoms with Gasteiger partial charge in [0.2, 0.25) is 0 Å². The van der Waals surface area contributed by atoms with Gasteiger partial charge < -0.3 is 10.2 Å². The molecule has 0 bridgehead atoms. The van der Waals surface area contributed by atoms with Crippen LogP contribution in [0.1, 0.15) is 39.5 Å². The molecule has 0 saturated heterocycles. The molecule has 1 N–H and O–H groups in total. The predicted octanol–water partition coefficient (Wildman–Crippen LogP) is 2.30. The molecule has 0 heterocycles. The zero-order chi connectivity index (χ0) is 13.4. The van der Waals surface area contributed by atoms with Crippen LogP contribution in [-0.4, -0.2) is 55.6 Å². The second-order valence-corrected chi connectivity index (χ2v) is 5.60. The van der Waals surface area contributed by atoms with E-state index in [-0.39, 0.29) is 0 Å². The third-order valence-corrected chi connectivity index (χ3v) is 3.95. The Morgan fingerprint density at radius 2 is 1.78 bits per heavy atom. The van der Waals surface area contributed by atoms with Gasteiger partial charge in [-0.05, 0) is 59.4 Å². The van der Waals surface area contributed by atoms with Crippen LogP contribution in [0.2, 0.25) is 0 Å². The molecule has 0 spiro atoms. The average Bonchev–Trinajstić information content (AvgIpc) is 2.38. The van der Waals surface area contributed by atoms with Crippen molar-refractivity contribution in [3.8, 4) is 0 Å². The predicted molar refractivity (Wildman–Crippen MR) is 79.8 cm³/mol. The van der Waals surface area contributed by atoms with Gasteiger partial charge >= 0.3 is 0 Å². The number of allylic oxidation sites excluding steroid dienone is 1. The molecule has 0 amide bonds. The highest BCUT2D eigenvalue weighted by Gasteiger charge is 2.24. The first-order chi connectivity index (χ1) is 8.67. The van der Waals surface area contributed by atoms with E-state index in [0.29, 0.717) is 6.04 Å². The smallest absolute Gasteiger partial charge is 0.0256 e. The summed E-state index contributed by atoms with van der Waals surface area (Å²) in [6.45, 7) is 7.93. The molecule has 0 atom stereocenters. The molecule has 1 fully saturated rings. The Morgan fingerprint density at radius 1 is 1.11 bits per heavy atom. The number of nitrogens with one attached hydrogen (secondary N) is 1. The molecule has 1 aliphatic rings. The van der Waals surface area contributed by atoms with Crippen molar-refractivity contribution >= 4 is 0 Å². The SMILES string of the molecule is C/C=C\NC1CCC(N(CC)CCN(C)C)CC1. The Labute approximate surface area is 113 Å². The average molecular weight is 253 g/mol. The third kappa shape index (κ3) is 5.40. The van der Waals surface area contributed by atoms with Crippen molar-refractivity contribution in [1.82, 2.24) is 15.1 Å². The van der Waals surface area contributed by atoms with Gasteiger partial charge in [0.05, 0.1) is 0 Å². The monoisotopic (exact) mass is 253 g/mol. The highest BCUT2D eigenvalue weighted by atomic mass is 15.2. The fourth-order valence-corrected chi connectivity index (χ4v) is 2.77. The first kappa shape index (κ1) is 15.5. The Hall–Kier alpha value is -0.540. The van der Waals surface area contributed by atoms with Crippen molar-refractivity contribution in [3.05, 3.63) is 12.3 Å². The highest BCUT2D eigenvalue weighted by Crippen LogP contribution is 2.23. The Balaban J connectivity index is 2.30. The van der Waals surface area contributed by atoms with E-state index in [2.05, 4.69) is 55.3 Å². The van der Waals surface area contributed by atoms with Gasteiger partial charge in [0, 0.05) is 25.2 Å². The van der Waals surface area contributed by atoms with Gasteiger partial charge in [0.15, 0.2) is 0 Å². The van der Waals surface area contributed by atoms with E-state index < -0.39 is 0 Å². The molecule has 0 radical (unpaired) electrons. The van der Waals surface area contributed by atoms with Crippen LogP contribution in [0.25, 0.3) is 0 Å². The van der Waals surface area contributed by atoms with Crippen LogP contribution in [0.3, 0.4) is 0 Å². The highest BCUT2D eigenvalue weighted by molar-refractivity contribution is 4.86. The summed E-state index contributed by atoms with van der Waals surface area (Å²) in [5.74, 6) is 0. The van der Waals surface area contributed by atoms with E-state index in [4.69, 9.17) is 0 Å². The van der Waals surface area contributed by atoms with E-state index in [1.807, 2.05) is 0 Å². The van der Waals surface area contributed by atoms with Crippen LogP contribution < -0.4 is 5.32 Å². The lowest BCUT2D eigenvalue weighted by atomic mass is 9.90. The lowest BCUT2D eigenvalue weighted by Gasteiger charge is -2.37. The zero-order valence-corrected chi connectivity index (χ0v) is 12.7. The van der Waals surface area contributed by atoms with Gasteiger partial charge in [-0.25, -0.2) is 0 Å². The first-order valence-electron chi connectivity index (χ1n) is 7.43. The van der Waals surface area contributed by atoms with Crippen molar-refractivity contribution in [3.63, 3.8) is 0 Å². The molecule has 1 aliphatic carbocycles. The van der Waals surface area contributed by atoms with Crippen LogP contribution in [0.15, 0.2) is 12.3 Å². The van der Waals surface area contributed by atoms with Crippen molar-refractivity contribution < 1.29 is 0 Å². The van der Waals surface area contributed by atoms with Crippen LogP contribution >= 0.6 is 0 Å². The van der Waals surface area contributed by atoms with E-state index >= 15 is 0 Å². The Morgan fingerprint density at radius 3 is 2.28 bits per heavy atom. The van der Waals surface area contributed by atoms with E-state index in [1.54, 1.807) is 0 Å². The van der Waals surface area contributed by atoms with Gasteiger partial charge in [-0.15, -0.1) is 0 Å². The summed E-state index contributed by atoms with van der Waals surface area (Å²) in [5, 5.41) is 3.49. The number of hydrogen-bond donors (Lipinski definition) is 1. The number of nitrogens with zero attached hydrogens (tertiary/aromatic N) is 2. The molecule has 0 aliphatic heterocycles. The van der Waals surface area contributed by atoms with Crippen LogP contribution in [0, 0.1) is 0 Å². The fraction of sp³-hybridized carbons (Fsp3) is 0.867. The van der Waals surface area contributed by atoms with Crippen molar-refractivity contribution in [2.24, 2.45) is 0 Å². The molecule has 18 heavy (non-hydrogen) atoms. The van der Waals surface area contributed by atoms with Gasteiger partial charge in [0.1, 0.15) is 0 Å². The molecule has 0 aromatic carbocycles. The van der Waals surface area contributed by atoms with Crippen molar-refractivity contribution in [2.75, 3.05) is 33.7 Å². The molecular weight excluding hydrogens is 222 g/mol. The fourth-order valence-electron chi connectivity index (χ4n) is 2.77. The summed E-state index contributed by atoms with van der Waals surface area (Å²) in [7, 11) is 4.32. The largest absolute Gasteiger partial charge is 0.388 e. The second-order valence-electron chi connectivity index (χ2n) is 5.60. The van der Waals surface area contributed by atoms with Crippen molar-refractivity contribution in [2.45, 2.75) is 51.6 Å². The normalized spacial score (nSPS) is 25.2. The quantitative estimate of drug-likeness (QED) is 0.751. The van der Waals surface area contributed by atoms with Gasteiger partial charge in [0.25, 0.3) is 0 Å². The number of hydrogen-bond acceptors (Lipinski definition) is 3. The molecule has 1 rings (SSSR count). The van der Waals surface area contributed by atoms with E-state index in [9.17, 15) is 0 Å². The number of rotatable bonds is 7. The summed E-state index contributed by atoms with van der Waals surface area (Å²) in [5.41, 5.74) is 0. The standard InChI is InChI=1S/C15H31N3/c1-5-11-16-14-7-9-15(10-8-14)18(6-2)13-12-17(3)4/h5,11,14-16H,6-10,12-13H2,1-4H3/b11-5-. The maximum Gasteiger partial charge on any atom is 0.0256 e. The first-order valence-corrected chi connectivity index (χ1v) is 7.43. The van der Waals surface area contributed by atoms with Crippen molar-refractivity contribution in [1.29, 1.82) is 0 Å². The van der Waals surface area contributed by atoms with E-state index in [0.717, 1.165) is 6.04 Å². The number of likely N-dealkylation sites (N-methyl/N-ethyl adjacent to an activating group) is 2. The molecule has 3 heteroatoms. The third-order valence-electron chi connectivity index (χ3n) is 3.95. The summed E-state index contributed by atoms with van der Waals surface area (Å²) in [6, 6.07) is 1.50. The summed E-state index contributed by atoms with van der Waals surface area (Å²) in [4.78, 5) is 4.94. The summed E-state index contributed by atoms with van der Waals surface area (Å²) in [6.07, 6.45) is 9.49. The molecular formula is C15H31N3. The van der Waals surface area contributed by atoms with Crippen LogP contribution in [0.4, 0.5) is 0 Å². The lowest BCUT2D eigenvalue weighted by Crippen LogP contribution is -2.43. The summed E-state index contributed by atoms with van der Waals surface area (Å²) >= 11 is 0. The van der Waals surface area contributed by atoms with Gasteiger partial charge in [-0.3, -0.25) is 4.90 Å². The minimum absolute atomic E-state index is 0.699. The van der Waals surface area contributed by atoms with Crippen LogP contribution in [-0.2, 0) is 0 Å². The molecule has 0 aromatic heterocycles. The molecule has 0 aromatic rings. The molecule has 0 unspecified atom stereocenters. The zero-order valence-electron chi connectivity index (χ0n) is 12.7. The Kier molecular flexibility index (Phi) is 7.36. The lowest BCUT2D eigenvalue weighted by molar-refractivity contribution is 0.142. The molecule has 3 nitrogen and oxygen atoms in total. The van der Waals surface area contributed by atoms with E-state index in [1.165, 1.54) is 45.3 Å². The minimum atomic E-state index is 0.699. The maximum absolute atomic E-state index is 3.49. The second kappa shape index (κ2) is 8.54.